The first-order chi connectivity index (χ1) is 11.6. The van der Waals surface area contributed by atoms with Crippen LogP contribution in [0.2, 0.25) is 0 Å². The van der Waals surface area contributed by atoms with Gasteiger partial charge >= 0.3 is 0 Å². The number of oxazole rings is 1. The van der Waals surface area contributed by atoms with Gasteiger partial charge in [-0.3, -0.25) is 4.79 Å². The lowest BCUT2D eigenvalue weighted by Gasteiger charge is -2.10. The Morgan fingerprint density at radius 3 is 2.62 bits per heavy atom. The molecule has 0 fully saturated rings. The number of benzene rings is 2. The third-order valence-corrected chi connectivity index (χ3v) is 3.57. The van der Waals surface area contributed by atoms with Crippen LogP contribution in [0.4, 0.5) is 5.69 Å². The van der Waals surface area contributed by atoms with E-state index in [4.69, 9.17) is 9.15 Å². The molecule has 1 aromatic heterocycles. The highest BCUT2D eigenvalue weighted by Gasteiger charge is 2.07. The highest BCUT2D eigenvalue weighted by Crippen LogP contribution is 2.21. The topological polar surface area (TPSA) is 64.4 Å². The third-order valence-electron chi connectivity index (χ3n) is 3.57. The minimum atomic E-state index is -0.206. The van der Waals surface area contributed by atoms with E-state index in [0.29, 0.717) is 11.4 Å². The van der Waals surface area contributed by atoms with Gasteiger partial charge in [0.15, 0.2) is 18.8 Å². The molecular formula is C19H18N2O3. The zero-order chi connectivity index (χ0) is 16.9. The van der Waals surface area contributed by atoms with E-state index in [0.717, 1.165) is 22.4 Å². The van der Waals surface area contributed by atoms with Crippen LogP contribution in [0.1, 0.15) is 11.1 Å². The molecule has 3 aromatic rings. The molecule has 0 spiro atoms. The van der Waals surface area contributed by atoms with Crippen molar-refractivity contribution < 1.29 is 13.9 Å². The van der Waals surface area contributed by atoms with Crippen molar-refractivity contribution in [1.29, 1.82) is 0 Å². The smallest absolute Gasteiger partial charge is 0.262 e. The van der Waals surface area contributed by atoms with Crippen LogP contribution in [0.15, 0.2) is 59.5 Å². The number of aromatic nitrogens is 1. The Kier molecular flexibility index (Phi) is 4.61. The second-order valence-electron chi connectivity index (χ2n) is 5.55. The van der Waals surface area contributed by atoms with E-state index in [-0.39, 0.29) is 12.5 Å². The van der Waals surface area contributed by atoms with Gasteiger partial charge < -0.3 is 14.5 Å². The molecule has 0 aliphatic heterocycles. The molecule has 2 aromatic carbocycles. The number of nitrogens with one attached hydrogen (secondary N) is 1. The fourth-order valence-electron chi connectivity index (χ4n) is 2.38. The zero-order valence-electron chi connectivity index (χ0n) is 13.6. The van der Waals surface area contributed by atoms with Crippen LogP contribution in [0.5, 0.6) is 5.75 Å². The van der Waals surface area contributed by atoms with E-state index < -0.39 is 0 Å². The van der Waals surface area contributed by atoms with Gasteiger partial charge in [-0.1, -0.05) is 17.7 Å². The van der Waals surface area contributed by atoms with Gasteiger partial charge in [-0.25, -0.2) is 4.98 Å². The minimum Gasteiger partial charge on any atom is -0.483 e. The van der Waals surface area contributed by atoms with Gasteiger partial charge in [-0.15, -0.1) is 0 Å². The summed E-state index contributed by atoms with van der Waals surface area (Å²) in [6.45, 7) is 3.95. The highest BCUT2D eigenvalue weighted by atomic mass is 16.5. The molecule has 1 amide bonds. The van der Waals surface area contributed by atoms with Crippen LogP contribution in [-0.4, -0.2) is 17.5 Å². The van der Waals surface area contributed by atoms with Crippen molar-refractivity contribution in [2.45, 2.75) is 13.8 Å². The summed E-state index contributed by atoms with van der Waals surface area (Å²) in [5, 5.41) is 2.81. The van der Waals surface area contributed by atoms with Crippen molar-refractivity contribution in [2.24, 2.45) is 0 Å². The molecule has 0 bridgehead atoms. The average Bonchev–Trinajstić information content (AvgIpc) is 3.09. The van der Waals surface area contributed by atoms with Crippen molar-refractivity contribution in [3.8, 4) is 17.1 Å². The van der Waals surface area contributed by atoms with Crippen molar-refractivity contribution in [3.05, 3.63) is 66.2 Å². The van der Waals surface area contributed by atoms with E-state index in [9.17, 15) is 4.79 Å². The molecule has 0 aliphatic carbocycles. The quantitative estimate of drug-likeness (QED) is 0.772. The molecule has 3 rings (SSSR count). The SMILES string of the molecule is Cc1ccc(OCC(=O)Nc2ccc(-c3cnco3)cc2)c(C)c1. The number of rotatable bonds is 5. The number of carbonyl (C=O) groups excluding carboxylic acids is 1. The first kappa shape index (κ1) is 15.8. The highest BCUT2D eigenvalue weighted by molar-refractivity contribution is 5.92. The van der Waals surface area contributed by atoms with Gasteiger partial charge in [0, 0.05) is 11.3 Å². The number of hydrogen-bond acceptors (Lipinski definition) is 4. The second kappa shape index (κ2) is 7.00. The molecule has 0 saturated heterocycles. The predicted octanol–water partition coefficient (Wildman–Crippen LogP) is 3.98. The number of hydrogen-bond donors (Lipinski definition) is 1. The summed E-state index contributed by atoms with van der Waals surface area (Å²) in [4.78, 5) is 15.9. The Balaban J connectivity index is 1.56. The Morgan fingerprint density at radius 2 is 1.96 bits per heavy atom. The number of anilines is 1. The maximum Gasteiger partial charge on any atom is 0.262 e. The standard InChI is InChI=1S/C19H18N2O3/c1-13-3-8-17(14(2)9-13)23-11-19(22)21-16-6-4-15(5-7-16)18-10-20-12-24-18/h3-10,12H,11H2,1-2H3,(H,21,22). The number of ether oxygens (including phenoxy) is 1. The number of amides is 1. The number of carbonyl (C=O) groups is 1. The predicted molar refractivity (Wildman–Crippen MR) is 92.0 cm³/mol. The summed E-state index contributed by atoms with van der Waals surface area (Å²) in [6.07, 6.45) is 3.03. The van der Waals surface area contributed by atoms with E-state index in [1.807, 2.05) is 56.3 Å². The summed E-state index contributed by atoms with van der Waals surface area (Å²) in [5.74, 6) is 1.20. The lowest BCUT2D eigenvalue weighted by atomic mass is 10.1. The lowest BCUT2D eigenvalue weighted by Crippen LogP contribution is -2.20. The van der Waals surface area contributed by atoms with Gasteiger partial charge in [0.2, 0.25) is 0 Å². The summed E-state index contributed by atoms with van der Waals surface area (Å²) < 4.78 is 10.8. The third kappa shape index (κ3) is 3.81. The van der Waals surface area contributed by atoms with Gasteiger partial charge in [-0.2, -0.15) is 0 Å². The van der Waals surface area contributed by atoms with Crippen LogP contribution in [0.3, 0.4) is 0 Å². The van der Waals surface area contributed by atoms with E-state index in [2.05, 4.69) is 10.3 Å². The van der Waals surface area contributed by atoms with Crippen LogP contribution in [0, 0.1) is 13.8 Å². The van der Waals surface area contributed by atoms with Crippen molar-refractivity contribution in [3.63, 3.8) is 0 Å². The van der Waals surface area contributed by atoms with Crippen LogP contribution in [0.25, 0.3) is 11.3 Å². The lowest BCUT2D eigenvalue weighted by molar-refractivity contribution is -0.118. The minimum absolute atomic E-state index is 0.0340. The first-order valence-electron chi connectivity index (χ1n) is 7.60. The van der Waals surface area contributed by atoms with Crippen LogP contribution >= 0.6 is 0 Å². The Morgan fingerprint density at radius 1 is 1.17 bits per heavy atom. The molecule has 1 heterocycles. The average molecular weight is 322 g/mol. The van der Waals surface area contributed by atoms with Crippen molar-refractivity contribution in [1.82, 2.24) is 4.98 Å². The number of nitrogens with zero attached hydrogens (tertiary/aromatic N) is 1. The zero-order valence-corrected chi connectivity index (χ0v) is 13.6. The van der Waals surface area contributed by atoms with Crippen LogP contribution < -0.4 is 10.1 Å². The molecule has 122 valence electrons. The maximum absolute atomic E-state index is 12.0. The normalized spacial score (nSPS) is 10.4. The van der Waals surface area contributed by atoms with Gasteiger partial charge in [0.25, 0.3) is 5.91 Å². The molecule has 0 saturated carbocycles. The molecule has 0 radical (unpaired) electrons. The monoisotopic (exact) mass is 322 g/mol. The molecule has 5 heteroatoms. The van der Waals surface area contributed by atoms with E-state index in [1.54, 1.807) is 6.20 Å². The molecule has 0 atom stereocenters. The summed E-state index contributed by atoms with van der Waals surface area (Å²) in [6, 6.07) is 13.2. The number of aryl methyl sites for hydroxylation is 2. The molecule has 24 heavy (non-hydrogen) atoms. The van der Waals surface area contributed by atoms with E-state index >= 15 is 0 Å². The molecule has 0 unspecified atom stereocenters. The van der Waals surface area contributed by atoms with Gasteiger partial charge in [0.05, 0.1) is 6.20 Å². The molecule has 1 N–H and O–H groups in total. The van der Waals surface area contributed by atoms with E-state index in [1.165, 1.54) is 6.39 Å². The maximum atomic E-state index is 12.0. The summed E-state index contributed by atoms with van der Waals surface area (Å²) >= 11 is 0. The summed E-state index contributed by atoms with van der Waals surface area (Å²) in [5.41, 5.74) is 3.78. The largest absolute Gasteiger partial charge is 0.483 e. The fourth-order valence-corrected chi connectivity index (χ4v) is 2.38. The molecule has 0 aliphatic rings. The second-order valence-corrected chi connectivity index (χ2v) is 5.55. The fraction of sp³-hybridized carbons (Fsp3) is 0.158. The Hall–Kier alpha value is -3.08. The Labute approximate surface area is 140 Å². The van der Waals surface area contributed by atoms with Crippen LogP contribution in [-0.2, 0) is 4.79 Å². The van der Waals surface area contributed by atoms with Gasteiger partial charge in [-0.05, 0) is 49.7 Å². The first-order valence-corrected chi connectivity index (χ1v) is 7.60. The molecular weight excluding hydrogens is 304 g/mol. The Bertz CT molecular complexity index is 824. The van der Waals surface area contributed by atoms with Crippen molar-refractivity contribution in [2.75, 3.05) is 11.9 Å². The molecule has 5 nitrogen and oxygen atoms in total. The van der Waals surface area contributed by atoms with Gasteiger partial charge in [0.1, 0.15) is 5.75 Å². The summed E-state index contributed by atoms with van der Waals surface area (Å²) in [7, 11) is 0. The van der Waals surface area contributed by atoms with Crippen molar-refractivity contribution >= 4 is 11.6 Å².